The van der Waals surface area contributed by atoms with Crippen LogP contribution in [0.2, 0.25) is 0 Å². The van der Waals surface area contributed by atoms with Crippen LogP contribution >= 0.6 is 0 Å². The number of benzene rings is 2. The quantitative estimate of drug-likeness (QED) is 0.486. The van der Waals surface area contributed by atoms with Crippen LogP contribution in [0.15, 0.2) is 54.7 Å². The first-order chi connectivity index (χ1) is 15.0. The number of rotatable bonds is 9. The Morgan fingerprint density at radius 3 is 2.65 bits per heavy atom. The van der Waals surface area contributed by atoms with Crippen LogP contribution < -0.4 is 14.8 Å². The van der Waals surface area contributed by atoms with E-state index in [2.05, 4.69) is 5.32 Å². The summed E-state index contributed by atoms with van der Waals surface area (Å²) in [4.78, 5) is 0. The van der Waals surface area contributed by atoms with Gasteiger partial charge in [-0.2, -0.15) is 0 Å². The highest BCUT2D eigenvalue weighted by Gasteiger charge is 2.38. The molecule has 7 nitrogen and oxygen atoms in total. The van der Waals surface area contributed by atoms with Crippen molar-refractivity contribution >= 4 is 5.69 Å². The first-order valence-corrected chi connectivity index (χ1v) is 10.5. The van der Waals surface area contributed by atoms with Crippen molar-refractivity contribution in [1.82, 2.24) is 0 Å². The molecule has 1 saturated heterocycles. The van der Waals surface area contributed by atoms with Crippen molar-refractivity contribution < 1.29 is 29.5 Å². The molecule has 1 fully saturated rings. The zero-order valence-corrected chi connectivity index (χ0v) is 17.9. The number of ether oxygens (including phenoxy) is 3. The molecule has 0 amide bonds. The van der Waals surface area contributed by atoms with Gasteiger partial charge in [-0.3, -0.25) is 0 Å². The van der Waals surface area contributed by atoms with Crippen molar-refractivity contribution in [1.29, 1.82) is 0 Å². The third kappa shape index (κ3) is 6.21. The molecule has 1 heterocycles. The van der Waals surface area contributed by atoms with E-state index < -0.39 is 24.6 Å². The highest BCUT2D eigenvalue weighted by Crippen LogP contribution is 2.29. The van der Waals surface area contributed by atoms with Gasteiger partial charge in [0.2, 0.25) is 6.29 Å². The maximum atomic E-state index is 10.2. The topological polar surface area (TPSA) is 100 Å². The standard InChI is InChI=1S/C24H31NO6/c1-3-29-18-11-9-17(10-12-18)6-5-13-25-20-7-4-8-22(16(20)2)31-24-23(28)21(27)14-19(15-26)30-24/h4-5,7-13,19,21,23-28H,3,6,14-15H2,1-2H3/b13-5+/t19?,21?,23-,24+/m1/s1. The molecule has 2 unspecified atom stereocenters. The molecular weight excluding hydrogens is 398 g/mol. The van der Waals surface area contributed by atoms with Crippen LogP contribution in [0.4, 0.5) is 5.69 Å². The Morgan fingerprint density at radius 2 is 1.94 bits per heavy atom. The molecule has 2 aromatic rings. The molecule has 1 aliphatic rings. The lowest BCUT2D eigenvalue weighted by atomic mass is 10.0. The van der Waals surface area contributed by atoms with E-state index in [9.17, 15) is 15.3 Å². The molecule has 168 valence electrons. The second-order valence-corrected chi connectivity index (χ2v) is 7.48. The van der Waals surface area contributed by atoms with Gasteiger partial charge in [-0.1, -0.05) is 24.3 Å². The minimum Gasteiger partial charge on any atom is -0.494 e. The molecule has 4 atom stereocenters. The van der Waals surface area contributed by atoms with Gasteiger partial charge >= 0.3 is 0 Å². The summed E-state index contributed by atoms with van der Waals surface area (Å²) in [5, 5.41) is 32.7. The van der Waals surface area contributed by atoms with Gasteiger partial charge in [0.15, 0.2) is 0 Å². The second kappa shape index (κ2) is 11.2. The Balaban J connectivity index is 1.59. The van der Waals surface area contributed by atoms with Crippen LogP contribution in [-0.2, 0) is 11.2 Å². The number of aliphatic hydroxyl groups is 3. The fourth-order valence-corrected chi connectivity index (χ4v) is 3.39. The molecule has 0 aliphatic carbocycles. The number of hydrogen-bond acceptors (Lipinski definition) is 7. The van der Waals surface area contributed by atoms with E-state index in [1.54, 1.807) is 6.07 Å². The van der Waals surface area contributed by atoms with Crippen LogP contribution in [0.5, 0.6) is 11.5 Å². The predicted octanol–water partition coefficient (Wildman–Crippen LogP) is 2.77. The summed E-state index contributed by atoms with van der Waals surface area (Å²) in [5.41, 5.74) is 2.87. The molecule has 0 saturated carbocycles. The second-order valence-electron chi connectivity index (χ2n) is 7.48. The Hall–Kier alpha value is -2.58. The van der Waals surface area contributed by atoms with Gasteiger partial charge in [0.1, 0.15) is 17.6 Å². The minimum atomic E-state index is -1.19. The molecule has 0 bridgehead atoms. The highest BCUT2D eigenvalue weighted by atomic mass is 16.7. The summed E-state index contributed by atoms with van der Waals surface area (Å²) >= 11 is 0. The zero-order valence-electron chi connectivity index (χ0n) is 17.9. The van der Waals surface area contributed by atoms with E-state index in [0.717, 1.165) is 23.4 Å². The molecule has 31 heavy (non-hydrogen) atoms. The van der Waals surface area contributed by atoms with Crippen LogP contribution in [0, 0.1) is 6.92 Å². The first-order valence-electron chi connectivity index (χ1n) is 10.5. The number of anilines is 1. The maximum absolute atomic E-state index is 10.2. The summed E-state index contributed by atoms with van der Waals surface area (Å²) in [7, 11) is 0. The van der Waals surface area contributed by atoms with E-state index in [0.29, 0.717) is 12.4 Å². The lowest BCUT2D eigenvalue weighted by Crippen LogP contribution is -2.51. The van der Waals surface area contributed by atoms with Crippen LogP contribution in [0.3, 0.4) is 0 Å². The summed E-state index contributed by atoms with van der Waals surface area (Å²) in [6, 6.07) is 13.5. The SMILES string of the molecule is CCOc1ccc(C/C=C/Nc2cccc(O[C@@H]3OC(CO)CC(O)[C@H]3O)c2C)cc1. The zero-order chi connectivity index (χ0) is 22.2. The Labute approximate surface area is 182 Å². The van der Waals surface area contributed by atoms with Gasteiger partial charge < -0.3 is 34.8 Å². The smallest absolute Gasteiger partial charge is 0.229 e. The van der Waals surface area contributed by atoms with Gasteiger partial charge in [0.25, 0.3) is 0 Å². The summed E-state index contributed by atoms with van der Waals surface area (Å²) < 4.78 is 16.8. The number of hydrogen-bond donors (Lipinski definition) is 4. The van der Waals surface area contributed by atoms with Crippen LogP contribution in [-0.4, -0.2) is 53.1 Å². The largest absolute Gasteiger partial charge is 0.494 e. The molecular formula is C24H31NO6. The minimum absolute atomic E-state index is 0.164. The molecule has 7 heteroatoms. The Kier molecular flexibility index (Phi) is 8.31. The maximum Gasteiger partial charge on any atom is 0.229 e. The normalized spacial score (nSPS) is 23.6. The van der Waals surface area contributed by atoms with E-state index in [4.69, 9.17) is 14.2 Å². The fraction of sp³-hybridized carbons (Fsp3) is 0.417. The molecule has 0 radical (unpaired) electrons. The highest BCUT2D eigenvalue weighted by molar-refractivity contribution is 5.58. The molecule has 4 N–H and O–H groups in total. The van der Waals surface area contributed by atoms with Gasteiger partial charge in [0.05, 0.1) is 25.4 Å². The molecule has 3 rings (SSSR count). The predicted molar refractivity (Wildman–Crippen MR) is 118 cm³/mol. The molecule has 0 aromatic heterocycles. The number of nitrogens with one attached hydrogen (secondary N) is 1. The van der Waals surface area contributed by atoms with Crippen molar-refractivity contribution in [2.45, 2.75) is 51.3 Å². The van der Waals surface area contributed by atoms with Gasteiger partial charge in [0, 0.05) is 17.7 Å². The lowest BCUT2D eigenvalue weighted by Gasteiger charge is -2.36. The van der Waals surface area contributed by atoms with Gasteiger partial charge in [-0.25, -0.2) is 0 Å². The number of allylic oxidation sites excluding steroid dienone is 1. The fourth-order valence-electron chi connectivity index (χ4n) is 3.39. The molecule has 0 spiro atoms. The van der Waals surface area contributed by atoms with Gasteiger partial charge in [-0.05, 0) is 56.3 Å². The van der Waals surface area contributed by atoms with Crippen molar-refractivity contribution in [3.8, 4) is 11.5 Å². The average molecular weight is 430 g/mol. The lowest BCUT2D eigenvalue weighted by molar-refractivity contribution is -0.240. The van der Waals surface area contributed by atoms with Crippen molar-refractivity contribution in [3.05, 3.63) is 65.9 Å². The molecule has 1 aliphatic heterocycles. The summed E-state index contributed by atoms with van der Waals surface area (Å²) in [6.07, 6.45) is 1.02. The van der Waals surface area contributed by atoms with E-state index >= 15 is 0 Å². The van der Waals surface area contributed by atoms with Crippen molar-refractivity contribution in [2.75, 3.05) is 18.5 Å². The monoisotopic (exact) mass is 429 g/mol. The number of aliphatic hydroxyl groups excluding tert-OH is 3. The van der Waals surface area contributed by atoms with Crippen molar-refractivity contribution in [2.24, 2.45) is 0 Å². The summed E-state index contributed by atoms with van der Waals surface area (Å²) in [5.74, 6) is 1.39. The van der Waals surface area contributed by atoms with Gasteiger partial charge in [-0.15, -0.1) is 0 Å². The van der Waals surface area contributed by atoms with E-state index in [1.807, 2.05) is 62.5 Å². The third-order valence-electron chi connectivity index (χ3n) is 5.18. The summed E-state index contributed by atoms with van der Waals surface area (Å²) in [6.45, 7) is 4.26. The van der Waals surface area contributed by atoms with Crippen LogP contribution in [0.1, 0.15) is 24.5 Å². The average Bonchev–Trinajstić information content (AvgIpc) is 2.77. The Bertz CT molecular complexity index is 854. The first kappa shape index (κ1) is 23.1. The van der Waals surface area contributed by atoms with E-state index in [1.165, 1.54) is 5.56 Å². The Morgan fingerprint density at radius 1 is 1.16 bits per heavy atom. The third-order valence-corrected chi connectivity index (χ3v) is 5.18. The van der Waals surface area contributed by atoms with Crippen LogP contribution in [0.25, 0.3) is 0 Å². The molecule has 2 aromatic carbocycles. The van der Waals surface area contributed by atoms with Crippen molar-refractivity contribution in [3.63, 3.8) is 0 Å². The van der Waals surface area contributed by atoms with E-state index in [-0.39, 0.29) is 13.0 Å².